The summed E-state index contributed by atoms with van der Waals surface area (Å²) in [7, 11) is -7.88. The maximum atomic E-state index is 13.2. The zero-order valence-corrected chi connectivity index (χ0v) is 24.6. The summed E-state index contributed by atoms with van der Waals surface area (Å²) in [6, 6.07) is 20.3. The van der Waals surface area contributed by atoms with Crippen LogP contribution in [0.25, 0.3) is 0 Å². The third kappa shape index (κ3) is 6.30. The molecule has 0 bridgehead atoms. The van der Waals surface area contributed by atoms with Crippen molar-refractivity contribution >= 4 is 54.6 Å². The van der Waals surface area contributed by atoms with Crippen molar-refractivity contribution in [1.82, 2.24) is 0 Å². The van der Waals surface area contributed by atoms with Gasteiger partial charge in [0, 0.05) is 16.3 Å². The molecular weight excluding hydrogens is 570 g/mol. The molecule has 0 aliphatic heterocycles. The summed E-state index contributed by atoms with van der Waals surface area (Å²) in [5, 5.41) is 3.12. The molecule has 3 N–H and O–H groups in total. The summed E-state index contributed by atoms with van der Waals surface area (Å²) in [5.74, 6) is -0.550. The minimum Gasteiger partial charge on any atom is -0.322 e. The Morgan fingerprint density at radius 3 is 1.95 bits per heavy atom. The molecule has 0 unspecified atom stereocenters. The van der Waals surface area contributed by atoms with Crippen LogP contribution in [-0.2, 0) is 20.0 Å². The van der Waals surface area contributed by atoms with Crippen molar-refractivity contribution < 1.29 is 21.6 Å². The Kier molecular flexibility index (Phi) is 8.25. The second-order valence-corrected chi connectivity index (χ2v) is 13.1. The van der Waals surface area contributed by atoms with Crippen LogP contribution in [0.3, 0.4) is 0 Å². The predicted octanol–water partition coefficient (Wildman–Crippen LogP) is 6.43. The molecule has 0 heterocycles. The summed E-state index contributed by atoms with van der Waals surface area (Å²) in [6.07, 6.45) is 0. The van der Waals surface area contributed by atoms with Crippen molar-refractivity contribution in [3.63, 3.8) is 0 Å². The van der Waals surface area contributed by atoms with E-state index in [4.69, 9.17) is 11.6 Å². The molecule has 8 nitrogen and oxygen atoms in total. The molecular formula is C29H28ClN3O5S2. The molecule has 1 amide bonds. The van der Waals surface area contributed by atoms with Crippen LogP contribution in [0.15, 0.2) is 88.7 Å². The molecule has 4 aromatic rings. The van der Waals surface area contributed by atoms with Gasteiger partial charge in [-0.1, -0.05) is 35.9 Å². The van der Waals surface area contributed by atoms with Crippen molar-refractivity contribution in [2.75, 3.05) is 14.8 Å². The first-order chi connectivity index (χ1) is 18.8. The standard InChI is InChI=1S/C29H28ClN3O5S2/c1-18-7-5-9-26(20(18)3)33-40(37,38)28-17-22(12-11-19(28)2)29(34)31-23-13-15-24(16-14-23)39(35,36)32-27-10-6-8-25(30)21(27)4/h5-17,32-33H,1-4H3,(H,31,34). The molecule has 208 valence electrons. The lowest BCUT2D eigenvalue weighted by molar-refractivity contribution is 0.102. The molecule has 0 aliphatic carbocycles. The summed E-state index contributed by atoms with van der Waals surface area (Å²) >= 11 is 6.09. The number of hydrogen-bond donors (Lipinski definition) is 3. The Morgan fingerprint density at radius 1 is 0.675 bits per heavy atom. The van der Waals surface area contributed by atoms with Gasteiger partial charge in [0.1, 0.15) is 0 Å². The van der Waals surface area contributed by atoms with Crippen LogP contribution in [0.2, 0.25) is 5.02 Å². The number of hydrogen-bond acceptors (Lipinski definition) is 5. The fourth-order valence-electron chi connectivity index (χ4n) is 3.93. The van der Waals surface area contributed by atoms with E-state index in [9.17, 15) is 21.6 Å². The van der Waals surface area contributed by atoms with Crippen molar-refractivity contribution in [3.8, 4) is 0 Å². The van der Waals surface area contributed by atoms with Gasteiger partial charge in [0.2, 0.25) is 0 Å². The number of aryl methyl sites for hydroxylation is 2. The van der Waals surface area contributed by atoms with E-state index in [0.29, 0.717) is 33.2 Å². The molecule has 0 spiro atoms. The van der Waals surface area contributed by atoms with Gasteiger partial charge in [-0.3, -0.25) is 14.2 Å². The average Bonchev–Trinajstić information content (AvgIpc) is 2.89. The SMILES string of the molecule is Cc1ccc(C(=O)Nc2ccc(S(=O)(=O)Nc3cccc(Cl)c3C)cc2)cc1S(=O)(=O)Nc1cccc(C)c1C. The van der Waals surface area contributed by atoms with E-state index in [1.54, 1.807) is 50.2 Å². The zero-order chi connectivity index (χ0) is 29.2. The molecule has 0 fully saturated rings. The van der Waals surface area contributed by atoms with Gasteiger partial charge < -0.3 is 5.32 Å². The highest BCUT2D eigenvalue weighted by molar-refractivity contribution is 7.93. The van der Waals surface area contributed by atoms with Crippen molar-refractivity contribution in [2.45, 2.75) is 37.5 Å². The van der Waals surface area contributed by atoms with Crippen LogP contribution in [-0.4, -0.2) is 22.7 Å². The Labute approximate surface area is 239 Å². The minimum absolute atomic E-state index is 0.00823. The zero-order valence-electron chi connectivity index (χ0n) is 22.2. The Balaban J connectivity index is 1.52. The predicted molar refractivity (Wildman–Crippen MR) is 159 cm³/mol. The second-order valence-electron chi connectivity index (χ2n) is 9.33. The number of nitrogens with one attached hydrogen (secondary N) is 3. The van der Waals surface area contributed by atoms with E-state index in [2.05, 4.69) is 14.8 Å². The number of anilines is 3. The van der Waals surface area contributed by atoms with Crippen LogP contribution in [0.5, 0.6) is 0 Å². The molecule has 0 atom stereocenters. The molecule has 11 heteroatoms. The van der Waals surface area contributed by atoms with E-state index in [1.165, 1.54) is 36.4 Å². The number of sulfonamides is 2. The van der Waals surface area contributed by atoms with Crippen LogP contribution < -0.4 is 14.8 Å². The van der Waals surface area contributed by atoms with Crippen LogP contribution in [0, 0.1) is 27.7 Å². The molecule has 0 saturated heterocycles. The van der Waals surface area contributed by atoms with Gasteiger partial charge >= 0.3 is 0 Å². The van der Waals surface area contributed by atoms with E-state index in [-0.39, 0.29) is 15.4 Å². The van der Waals surface area contributed by atoms with E-state index < -0.39 is 26.0 Å². The fraction of sp³-hybridized carbons (Fsp3) is 0.138. The van der Waals surface area contributed by atoms with E-state index >= 15 is 0 Å². The molecule has 0 aliphatic rings. The number of halogens is 1. The van der Waals surface area contributed by atoms with Crippen molar-refractivity contribution in [1.29, 1.82) is 0 Å². The lowest BCUT2D eigenvalue weighted by atomic mass is 10.1. The smallest absolute Gasteiger partial charge is 0.262 e. The molecule has 4 rings (SSSR count). The fourth-order valence-corrected chi connectivity index (χ4v) is 6.63. The normalized spacial score (nSPS) is 11.6. The molecule has 0 radical (unpaired) electrons. The third-order valence-corrected chi connectivity index (χ3v) is 9.82. The lowest BCUT2D eigenvalue weighted by Gasteiger charge is -2.15. The molecule has 0 aromatic heterocycles. The van der Waals surface area contributed by atoms with Crippen LogP contribution in [0.1, 0.15) is 32.6 Å². The molecule has 40 heavy (non-hydrogen) atoms. The van der Waals surface area contributed by atoms with Gasteiger partial charge in [-0.2, -0.15) is 0 Å². The summed E-state index contributed by atoms with van der Waals surface area (Å²) in [6.45, 7) is 7.08. The number of rotatable bonds is 8. The van der Waals surface area contributed by atoms with Crippen LogP contribution in [0.4, 0.5) is 17.1 Å². The van der Waals surface area contributed by atoms with Crippen LogP contribution >= 0.6 is 11.6 Å². The van der Waals surface area contributed by atoms with Crippen molar-refractivity contribution in [2.24, 2.45) is 0 Å². The number of carbonyl (C=O) groups excluding carboxylic acids is 1. The van der Waals surface area contributed by atoms with Gasteiger partial charge in [0.25, 0.3) is 26.0 Å². The first-order valence-corrected chi connectivity index (χ1v) is 15.5. The quantitative estimate of drug-likeness (QED) is 0.216. The largest absolute Gasteiger partial charge is 0.322 e. The summed E-state index contributed by atoms with van der Waals surface area (Å²) in [4.78, 5) is 13.0. The van der Waals surface area contributed by atoms with Gasteiger partial charge in [-0.05, 0) is 105 Å². The molecule has 4 aromatic carbocycles. The van der Waals surface area contributed by atoms with Gasteiger partial charge in [-0.25, -0.2) is 16.8 Å². The summed E-state index contributed by atoms with van der Waals surface area (Å²) in [5.41, 5.74) is 4.11. The second kappa shape index (κ2) is 11.3. The van der Waals surface area contributed by atoms with Gasteiger partial charge in [-0.15, -0.1) is 0 Å². The third-order valence-electron chi connectivity index (χ3n) is 6.52. The topological polar surface area (TPSA) is 121 Å². The minimum atomic E-state index is -3.98. The average molecular weight is 598 g/mol. The Morgan fingerprint density at radius 2 is 1.27 bits per heavy atom. The van der Waals surface area contributed by atoms with E-state index in [0.717, 1.165) is 11.1 Å². The highest BCUT2D eigenvalue weighted by atomic mass is 35.5. The summed E-state index contributed by atoms with van der Waals surface area (Å²) < 4.78 is 57.2. The first-order valence-electron chi connectivity index (χ1n) is 12.2. The lowest BCUT2D eigenvalue weighted by Crippen LogP contribution is -2.18. The maximum Gasteiger partial charge on any atom is 0.262 e. The van der Waals surface area contributed by atoms with Crippen molar-refractivity contribution in [3.05, 3.63) is 112 Å². The highest BCUT2D eigenvalue weighted by Gasteiger charge is 2.21. The number of benzene rings is 4. The number of amides is 1. The first kappa shape index (κ1) is 29.1. The van der Waals surface area contributed by atoms with Gasteiger partial charge in [0.05, 0.1) is 21.2 Å². The van der Waals surface area contributed by atoms with Gasteiger partial charge in [0.15, 0.2) is 0 Å². The highest BCUT2D eigenvalue weighted by Crippen LogP contribution is 2.27. The Bertz CT molecular complexity index is 1820. The maximum absolute atomic E-state index is 13.2. The monoisotopic (exact) mass is 597 g/mol. The number of carbonyl (C=O) groups is 1. The van der Waals surface area contributed by atoms with E-state index in [1.807, 2.05) is 19.9 Å². The molecule has 0 saturated carbocycles. The Hall–Kier alpha value is -3.86.